The van der Waals surface area contributed by atoms with Crippen LogP contribution in [-0.4, -0.2) is 41.9 Å². The Morgan fingerprint density at radius 3 is 2.53 bits per heavy atom. The van der Waals surface area contributed by atoms with Crippen LogP contribution in [0.4, 0.5) is 3.89 Å². The molecule has 1 heterocycles. The third-order valence-electron chi connectivity index (χ3n) is 2.92. The van der Waals surface area contributed by atoms with E-state index in [2.05, 4.69) is 5.10 Å². The summed E-state index contributed by atoms with van der Waals surface area (Å²) in [6, 6.07) is 0. The highest BCUT2D eigenvalue weighted by Crippen LogP contribution is 2.11. The molecular weight excluding hydrogens is 269 g/mol. The van der Waals surface area contributed by atoms with Crippen LogP contribution in [-0.2, 0) is 23.8 Å². The van der Waals surface area contributed by atoms with Crippen LogP contribution >= 0.6 is 0 Å². The molecule has 0 aliphatic carbocycles. The van der Waals surface area contributed by atoms with Crippen LogP contribution in [0.1, 0.15) is 25.1 Å². The molecule has 0 saturated heterocycles. The van der Waals surface area contributed by atoms with E-state index in [9.17, 15) is 12.3 Å². The first-order valence-electron chi connectivity index (χ1n) is 6.31. The van der Waals surface area contributed by atoms with E-state index in [0.29, 0.717) is 12.5 Å². The van der Waals surface area contributed by atoms with Gasteiger partial charge in [0.15, 0.2) is 0 Å². The van der Waals surface area contributed by atoms with Gasteiger partial charge in [0.05, 0.1) is 17.6 Å². The van der Waals surface area contributed by atoms with E-state index in [-0.39, 0.29) is 6.54 Å². The van der Waals surface area contributed by atoms with E-state index in [1.165, 1.54) is 0 Å². The van der Waals surface area contributed by atoms with Crippen molar-refractivity contribution in [3.05, 3.63) is 17.5 Å². The first kappa shape index (κ1) is 16.1. The number of rotatable bonds is 7. The minimum atomic E-state index is -4.42. The smallest absolute Gasteiger partial charge is 0.296 e. The summed E-state index contributed by atoms with van der Waals surface area (Å²) < 4.78 is 35.7. The van der Waals surface area contributed by atoms with Crippen LogP contribution in [0.5, 0.6) is 0 Å². The second-order valence-electron chi connectivity index (χ2n) is 5.27. The van der Waals surface area contributed by atoms with Gasteiger partial charge < -0.3 is 0 Å². The van der Waals surface area contributed by atoms with Crippen molar-refractivity contribution in [1.82, 2.24) is 14.7 Å². The van der Waals surface area contributed by atoms with E-state index in [1.54, 1.807) is 10.9 Å². The van der Waals surface area contributed by atoms with E-state index >= 15 is 0 Å². The first-order valence-corrected chi connectivity index (χ1v) is 7.86. The third-order valence-corrected chi connectivity index (χ3v) is 3.59. The van der Waals surface area contributed by atoms with Gasteiger partial charge in [0.25, 0.3) is 0 Å². The molecule has 5 nitrogen and oxygen atoms in total. The zero-order chi connectivity index (χ0) is 14.6. The van der Waals surface area contributed by atoms with Gasteiger partial charge in [0, 0.05) is 26.7 Å². The maximum absolute atomic E-state index is 12.7. The fourth-order valence-electron chi connectivity index (χ4n) is 2.00. The molecule has 0 amide bonds. The Morgan fingerprint density at radius 1 is 1.47 bits per heavy atom. The van der Waals surface area contributed by atoms with Gasteiger partial charge in [-0.25, -0.2) is 0 Å². The van der Waals surface area contributed by atoms with Crippen molar-refractivity contribution in [3.8, 4) is 0 Å². The molecule has 7 heteroatoms. The zero-order valence-corrected chi connectivity index (χ0v) is 12.7. The quantitative estimate of drug-likeness (QED) is 0.714. The van der Waals surface area contributed by atoms with Crippen molar-refractivity contribution in [2.24, 2.45) is 13.0 Å². The number of halogens is 1. The van der Waals surface area contributed by atoms with Crippen molar-refractivity contribution in [1.29, 1.82) is 0 Å². The van der Waals surface area contributed by atoms with E-state index in [4.69, 9.17) is 0 Å². The van der Waals surface area contributed by atoms with Gasteiger partial charge in [0.1, 0.15) is 0 Å². The summed E-state index contributed by atoms with van der Waals surface area (Å²) in [6.07, 6.45) is 1.77. The fourth-order valence-corrected chi connectivity index (χ4v) is 2.48. The van der Waals surface area contributed by atoms with Gasteiger partial charge in [-0.15, -0.1) is 3.89 Å². The molecule has 0 atom stereocenters. The molecule has 1 aromatic heterocycles. The van der Waals surface area contributed by atoms with E-state index in [1.807, 2.05) is 32.7 Å². The van der Waals surface area contributed by atoms with Crippen LogP contribution in [0, 0.1) is 12.8 Å². The van der Waals surface area contributed by atoms with Gasteiger partial charge in [-0.1, -0.05) is 13.8 Å². The monoisotopic (exact) mass is 291 g/mol. The third kappa shape index (κ3) is 5.69. The summed E-state index contributed by atoms with van der Waals surface area (Å²) in [6.45, 7) is 7.56. The van der Waals surface area contributed by atoms with Crippen molar-refractivity contribution in [3.63, 3.8) is 0 Å². The highest BCUT2D eigenvalue weighted by atomic mass is 32.3. The molecule has 0 aromatic carbocycles. The minimum absolute atomic E-state index is 0.196. The van der Waals surface area contributed by atoms with Crippen molar-refractivity contribution in [2.75, 3.05) is 18.8 Å². The van der Waals surface area contributed by atoms with Gasteiger partial charge in [-0.2, -0.15) is 13.5 Å². The minimum Gasteiger partial charge on any atom is -0.296 e. The molecule has 0 aliphatic heterocycles. The zero-order valence-electron chi connectivity index (χ0n) is 11.9. The molecule has 0 saturated carbocycles. The average molecular weight is 291 g/mol. The van der Waals surface area contributed by atoms with Crippen molar-refractivity contribution in [2.45, 2.75) is 27.3 Å². The van der Waals surface area contributed by atoms with Gasteiger partial charge in [-0.05, 0) is 18.4 Å². The molecule has 0 unspecified atom stereocenters. The average Bonchev–Trinajstić information content (AvgIpc) is 2.55. The molecule has 19 heavy (non-hydrogen) atoms. The van der Waals surface area contributed by atoms with E-state index in [0.717, 1.165) is 17.8 Å². The molecule has 110 valence electrons. The Bertz CT molecular complexity index is 492. The Balaban J connectivity index is 2.74. The van der Waals surface area contributed by atoms with E-state index < -0.39 is 16.0 Å². The molecule has 1 aromatic rings. The lowest BCUT2D eigenvalue weighted by Crippen LogP contribution is -2.32. The Labute approximate surface area is 114 Å². The van der Waals surface area contributed by atoms with Crippen LogP contribution in [0.2, 0.25) is 0 Å². The molecule has 0 aliphatic rings. The second kappa shape index (κ2) is 6.47. The number of aromatic nitrogens is 2. The highest BCUT2D eigenvalue weighted by molar-refractivity contribution is 7.86. The van der Waals surface area contributed by atoms with Crippen molar-refractivity contribution < 1.29 is 12.3 Å². The Morgan fingerprint density at radius 2 is 2.11 bits per heavy atom. The summed E-state index contributed by atoms with van der Waals surface area (Å²) in [7, 11) is -2.57. The molecule has 0 bridgehead atoms. The maximum Gasteiger partial charge on any atom is 0.303 e. The lowest BCUT2D eigenvalue weighted by atomic mass is 10.2. The SMILES string of the molecule is Cc1cnn(C)c1CN(CCS(=O)(=O)F)CC(C)C. The normalized spacial score (nSPS) is 12.6. The maximum atomic E-state index is 12.7. The van der Waals surface area contributed by atoms with Crippen LogP contribution in [0.25, 0.3) is 0 Å². The molecule has 1 rings (SSSR count). The fraction of sp³-hybridized carbons (Fsp3) is 0.750. The van der Waals surface area contributed by atoms with Gasteiger partial charge in [-0.3, -0.25) is 9.58 Å². The van der Waals surface area contributed by atoms with Crippen LogP contribution in [0.3, 0.4) is 0 Å². The molecule has 0 radical (unpaired) electrons. The van der Waals surface area contributed by atoms with Crippen LogP contribution in [0.15, 0.2) is 6.20 Å². The number of aryl methyl sites for hydroxylation is 2. The van der Waals surface area contributed by atoms with Gasteiger partial charge >= 0.3 is 10.2 Å². The Kier molecular flexibility index (Phi) is 5.49. The second-order valence-corrected chi connectivity index (χ2v) is 6.76. The lowest BCUT2D eigenvalue weighted by Gasteiger charge is -2.24. The summed E-state index contributed by atoms with van der Waals surface area (Å²) in [5.41, 5.74) is 2.08. The summed E-state index contributed by atoms with van der Waals surface area (Å²) in [4.78, 5) is 1.95. The molecule has 0 spiro atoms. The van der Waals surface area contributed by atoms with Crippen molar-refractivity contribution >= 4 is 10.2 Å². The number of nitrogens with zero attached hydrogens (tertiary/aromatic N) is 3. The van der Waals surface area contributed by atoms with Gasteiger partial charge in [0.2, 0.25) is 0 Å². The lowest BCUT2D eigenvalue weighted by molar-refractivity contribution is 0.242. The topological polar surface area (TPSA) is 55.2 Å². The molecule has 0 N–H and O–H groups in total. The number of hydrogen-bond donors (Lipinski definition) is 0. The summed E-state index contributed by atoms with van der Waals surface area (Å²) in [5, 5.41) is 4.15. The van der Waals surface area contributed by atoms with Crippen LogP contribution < -0.4 is 0 Å². The number of hydrogen-bond acceptors (Lipinski definition) is 4. The predicted molar refractivity (Wildman–Crippen MR) is 73.0 cm³/mol. The molecular formula is C12H22FN3O2S. The first-order chi connectivity index (χ1) is 8.69. The summed E-state index contributed by atoms with van der Waals surface area (Å²) in [5.74, 6) is -0.0766. The largest absolute Gasteiger partial charge is 0.303 e. The standard InChI is InChI=1S/C12H22FN3O2S/c1-10(2)8-16(5-6-19(13,17)18)9-12-11(3)7-14-15(12)4/h7,10H,5-6,8-9H2,1-4H3. The highest BCUT2D eigenvalue weighted by Gasteiger charge is 2.16. The molecule has 0 fully saturated rings. The summed E-state index contributed by atoms with van der Waals surface area (Å²) >= 11 is 0. The Hall–Kier alpha value is -0.950. The predicted octanol–water partition coefficient (Wildman–Crippen LogP) is 1.49.